The standard InChI is InChI=1S/C20H23N7O3S/c1-12-11-30-7-6-26(12)19-16-9-23-27(13(2)31(3,28)29)20(16)25-18(24-19)15-8-21-10-17-14(15)4-5-22-17/h4-5,8-10,12-13,22H,6-7,11H2,1-3H3/t12-,13?/m1/s1. The van der Waals surface area contributed by atoms with Crippen LogP contribution in [-0.4, -0.2) is 70.2 Å². The molecule has 2 atom stereocenters. The van der Waals surface area contributed by atoms with Gasteiger partial charge in [-0.25, -0.2) is 23.1 Å². The normalized spacial score (nSPS) is 18.7. The molecule has 4 aromatic rings. The van der Waals surface area contributed by atoms with E-state index in [-0.39, 0.29) is 6.04 Å². The Kier molecular flexibility index (Phi) is 4.67. The van der Waals surface area contributed by atoms with Crippen molar-refractivity contribution in [2.24, 2.45) is 0 Å². The number of ether oxygens (including phenoxy) is 1. The van der Waals surface area contributed by atoms with Gasteiger partial charge in [-0.2, -0.15) is 5.10 Å². The average Bonchev–Trinajstić information content (AvgIpc) is 3.39. The van der Waals surface area contributed by atoms with Crippen LogP contribution >= 0.6 is 0 Å². The first-order chi connectivity index (χ1) is 14.8. The third kappa shape index (κ3) is 3.33. The maximum Gasteiger partial charge on any atom is 0.170 e. The molecule has 162 valence electrons. The molecule has 5 heterocycles. The molecule has 0 saturated carbocycles. The maximum atomic E-state index is 12.3. The van der Waals surface area contributed by atoms with Gasteiger partial charge in [-0.15, -0.1) is 0 Å². The second-order valence-electron chi connectivity index (χ2n) is 7.87. The third-order valence-electron chi connectivity index (χ3n) is 5.75. The van der Waals surface area contributed by atoms with E-state index in [1.54, 1.807) is 25.5 Å². The van der Waals surface area contributed by atoms with E-state index >= 15 is 0 Å². The predicted molar refractivity (Wildman–Crippen MR) is 118 cm³/mol. The highest BCUT2D eigenvalue weighted by atomic mass is 32.2. The summed E-state index contributed by atoms with van der Waals surface area (Å²) in [6, 6.07) is 2.06. The summed E-state index contributed by atoms with van der Waals surface area (Å²) in [5.74, 6) is 1.19. The van der Waals surface area contributed by atoms with E-state index in [2.05, 4.69) is 26.9 Å². The predicted octanol–water partition coefficient (Wildman–Crippen LogP) is 2.16. The molecule has 1 unspecified atom stereocenters. The Balaban J connectivity index is 1.79. The molecule has 1 aliphatic rings. The number of morpholine rings is 1. The highest BCUT2D eigenvalue weighted by Gasteiger charge is 2.28. The lowest BCUT2D eigenvalue weighted by molar-refractivity contribution is 0.0987. The SMILES string of the molecule is CC(n1ncc2c(N3CCOC[C@H]3C)nc(-c3cncc4[nH]ccc34)nc21)S(C)(=O)=O. The van der Waals surface area contributed by atoms with Gasteiger partial charge in [0, 0.05) is 36.1 Å². The number of anilines is 1. The molecule has 0 spiro atoms. The monoisotopic (exact) mass is 441 g/mol. The second kappa shape index (κ2) is 7.27. The molecule has 11 heteroatoms. The smallest absolute Gasteiger partial charge is 0.170 e. The third-order valence-corrected chi connectivity index (χ3v) is 7.19. The fraction of sp³-hybridized carbons (Fsp3) is 0.400. The zero-order valence-corrected chi connectivity index (χ0v) is 18.3. The Morgan fingerprint density at radius 1 is 1.23 bits per heavy atom. The molecule has 0 aliphatic carbocycles. The fourth-order valence-corrected chi connectivity index (χ4v) is 4.41. The van der Waals surface area contributed by atoms with E-state index in [4.69, 9.17) is 14.7 Å². The Bertz CT molecular complexity index is 1380. The summed E-state index contributed by atoms with van der Waals surface area (Å²) in [7, 11) is -3.38. The van der Waals surface area contributed by atoms with Gasteiger partial charge in [-0.1, -0.05) is 0 Å². The van der Waals surface area contributed by atoms with Gasteiger partial charge in [0.15, 0.2) is 26.7 Å². The molecular formula is C20H23N7O3S. The number of rotatable bonds is 4. The summed E-state index contributed by atoms with van der Waals surface area (Å²) < 4.78 is 31.6. The number of aromatic amines is 1. The zero-order chi connectivity index (χ0) is 21.8. The topological polar surface area (TPSA) is 119 Å². The quantitative estimate of drug-likeness (QED) is 0.512. The molecule has 1 saturated heterocycles. The first-order valence-electron chi connectivity index (χ1n) is 10.0. The molecule has 4 aromatic heterocycles. The number of hydrogen-bond acceptors (Lipinski definition) is 8. The van der Waals surface area contributed by atoms with Gasteiger partial charge in [0.05, 0.1) is 42.6 Å². The van der Waals surface area contributed by atoms with Crippen molar-refractivity contribution in [3.8, 4) is 11.4 Å². The van der Waals surface area contributed by atoms with Gasteiger partial charge >= 0.3 is 0 Å². The van der Waals surface area contributed by atoms with Crippen molar-refractivity contribution in [2.75, 3.05) is 30.9 Å². The molecule has 1 N–H and O–H groups in total. The van der Waals surface area contributed by atoms with Crippen LogP contribution in [0.1, 0.15) is 19.2 Å². The lowest BCUT2D eigenvalue weighted by Gasteiger charge is -2.34. The van der Waals surface area contributed by atoms with Gasteiger partial charge in [0.2, 0.25) is 0 Å². The Hall–Kier alpha value is -3.05. The average molecular weight is 442 g/mol. The van der Waals surface area contributed by atoms with E-state index in [1.165, 1.54) is 10.9 Å². The first kappa shape index (κ1) is 19.9. The van der Waals surface area contributed by atoms with Crippen LogP contribution < -0.4 is 4.90 Å². The van der Waals surface area contributed by atoms with Crippen LogP contribution in [0, 0.1) is 0 Å². The molecule has 1 aliphatic heterocycles. The molecule has 1 fully saturated rings. The van der Waals surface area contributed by atoms with Crippen molar-refractivity contribution in [1.29, 1.82) is 0 Å². The summed E-state index contributed by atoms with van der Waals surface area (Å²) in [4.78, 5) is 19.3. The van der Waals surface area contributed by atoms with Crippen molar-refractivity contribution >= 4 is 37.6 Å². The maximum absolute atomic E-state index is 12.3. The van der Waals surface area contributed by atoms with Crippen molar-refractivity contribution < 1.29 is 13.2 Å². The molecule has 0 radical (unpaired) electrons. The molecule has 0 amide bonds. The van der Waals surface area contributed by atoms with Crippen LogP contribution in [0.2, 0.25) is 0 Å². The van der Waals surface area contributed by atoms with Gasteiger partial charge in [0.25, 0.3) is 0 Å². The second-order valence-corrected chi connectivity index (χ2v) is 10.2. The van der Waals surface area contributed by atoms with E-state index in [9.17, 15) is 8.42 Å². The number of pyridine rings is 1. The highest BCUT2D eigenvalue weighted by molar-refractivity contribution is 7.90. The molecule has 0 aromatic carbocycles. The van der Waals surface area contributed by atoms with E-state index in [0.717, 1.165) is 22.3 Å². The van der Waals surface area contributed by atoms with Gasteiger partial charge in [-0.3, -0.25) is 4.98 Å². The van der Waals surface area contributed by atoms with Crippen molar-refractivity contribution in [1.82, 2.24) is 29.7 Å². The molecule has 0 bridgehead atoms. The Morgan fingerprint density at radius 2 is 2.06 bits per heavy atom. The molecular weight excluding hydrogens is 418 g/mol. The van der Waals surface area contributed by atoms with Crippen molar-refractivity contribution in [3.05, 3.63) is 30.9 Å². The number of nitrogens with one attached hydrogen (secondary N) is 1. The minimum Gasteiger partial charge on any atom is -0.377 e. The molecule has 31 heavy (non-hydrogen) atoms. The molecule has 10 nitrogen and oxygen atoms in total. The van der Waals surface area contributed by atoms with Crippen LogP contribution in [-0.2, 0) is 14.6 Å². The van der Waals surface area contributed by atoms with Gasteiger partial charge in [0.1, 0.15) is 5.82 Å². The number of H-pyrrole nitrogens is 1. The lowest BCUT2D eigenvalue weighted by Crippen LogP contribution is -2.44. The summed E-state index contributed by atoms with van der Waals surface area (Å²) >= 11 is 0. The van der Waals surface area contributed by atoms with Crippen LogP contribution in [0.5, 0.6) is 0 Å². The number of aromatic nitrogens is 6. The van der Waals surface area contributed by atoms with Crippen LogP contribution in [0.25, 0.3) is 33.3 Å². The zero-order valence-electron chi connectivity index (χ0n) is 17.5. The van der Waals surface area contributed by atoms with Crippen LogP contribution in [0.4, 0.5) is 5.82 Å². The number of fused-ring (bicyclic) bond motifs is 2. The first-order valence-corrected chi connectivity index (χ1v) is 12.0. The Morgan fingerprint density at radius 3 is 2.84 bits per heavy atom. The van der Waals surface area contributed by atoms with Crippen molar-refractivity contribution in [2.45, 2.75) is 25.3 Å². The summed E-state index contributed by atoms with van der Waals surface area (Å²) in [5.41, 5.74) is 2.12. The largest absolute Gasteiger partial charge is 0.377 e. The van der Waals surface area contributed by atoms with Crippen LogP contribution in [0.3, 0.4) is 0 Å². The lowest BCUT2D eigenvalue weighted by atomic mass is 10.1. The summed E-state index contributed by atoms with van der Waals surface area (Å²) in [6.07, 6.45) is 8.16. The minimum atomic E-state index is -3.38. The van der Waals surface area contributed by atoms with Crippen LogP contribution in [0.15, 0.2) is 30.9 Å². The van der Waals surface area contributed by atoms with E-state index in [0.29, 0.717) is 36.6 Å². The summed E-state index contributed by atoms with van der Waals surface area (Å²) in [5, 5.41) is 5.18. The number of nitrogens with zero attached hydrogens (tertiary/aromatic N) is 6. The van der Waals surface area contributed by atoms with Gasteiger partial charge in [-0.05, 0) is 19.9 Å². The fourth-order valence-electron chi connectivity index (χ4n) is 3.90. The van der Waals surface area contributed by atoms with E-state index in [1.807, 2.05) is 12.3 Å². The highest BCUT2D eigenvalue weighted by Crippen LogP contribution is 2.33. The van der Waals surface area contributed by atoms with E-state index < -0.39 is 15.2 Å². The van der Waals surface area contributed by atoms with Gasteiger partial charge < -0.3 is 14.6 Å². The minimum absolute atomic E-state index is 0.108. The molecule has 5 rings (SSSR count). The van der Waals surface area contributed by atoms with Crippen molar-refractivity contribution in [3.63, 3.8) is 0 Å². The Labute approximate surface area is 179 Å². The summed E-state index contributed by atoms with van der Waals surface area (Å²) in [6.45, 7) is 5.53. The number of hydrogen-bond donors (Lipinski definition) is 1. The number of sulfone groups is 1.